The fraction of sp³-hybridized carbons (Fsp3) is 0.625. The molecule has 1 saturated heterocycles. The molecule has 2 heterocycles. The predicted molar refractivity (Wildman–Crippen MR) is 80.5 cm³/mol. The molecule has 0 aromatic heterocycles. The lowest BCUT2D eigenvalue weighted by molar-refractivity contribution is -0.00444. The Balaban J connectivity index is 1.82. The van der Waals surface area contributed by atoms with E-state index in [2.05, 4.69) is 12.2 Å². The first-order chi connectivity index (χ1) is 9.78. The van der Waals surface area contributed by atoms with Crippen molar-refractivity contribution in [3.8, 4) is 5.75 Å². The van der Waals surface area contributed by atoms with Crippen molar-refractivity contribution in [2.75, 3.05) is 13.2 Å². The monoisotopic (exact) mass is 295 g/mol. The second-order valence-electron chi connectivity index (χ2n) is 5.63. The number of nitrogens with one attached hydrogen (secondary N) is 1. The zero-order chi connectivity index (χ0) is 13.9. The molecule has 0 spiro atoms. The minimum absolute atomic E-state index is 0.153. The summed E-state index contributed by atoms with van der Waals surface area (Å²) in [6.45, 7) is 4.06. The summed E-state index contributed by atoms with van der Waals surface area (Å²) >= 11 is 6.13. The second kappa shape index (κ2) is 6.33. The Labute approximate surface area is 125 Å². The minimum Gasteiger partial charge on any atom is -0.487 e. The first-order valence-electron chi connectivity index (χ1n) is 7.59. The van der Waals surface area contributed by atoms with Gasteiger partial charge in [-0.25, -0.2) is 0 Å². The number of ether oxygens (including phenoxy) is 2. The molecule has 0 amide bonds. The highest BCUT2D eigenvalue weighted by Crippen LogP contribution is 2.39. The van der Waals surface area contributed by atoms with Crippen LogP contribution in [0.5, 0.6) is 5.75 Å². The van der Waals surface area contributed by atoms with Crippen LogP contribution in [0.1, 0.15) is 44.2 Å². The summed E-state index contributed by atoms with van der Waals surface area (Å²) in [6.07, 6.45) is 4.72. The van der Waals surface area contributed by atoms with Gasteiger partial charge in [0.25, 0.3) is 0 Å². The van der Waals surface area contributed by atoms with Crippen molar-refractivity contribution < 1.29 is 9.47 Å². The second-order valence-corrected chi connectivity index (χ2v) is 6.07. The van der Waals surface area contributed by atoms with Crippen molar-refractivity contribution in [1.82, 2.24) is 5.32 Å². The third-order valence-corrected chi connectivity index (χ3v) is 4.35. The molecule has 1 N–H and O–H groups in total. The topological polar surface area (TPSA) is 30.5 Å². The summed E-state index contributed by atoms with van der Waals surface area (Å²) < 4.78 is 12.0. The van der Waals surface area contributed by atoms with Crippen molar-refractivity contribution in [1.29, 1.82) is 0 Å². The zero-order valence-corrected chi connectivity index (χ0v) is 12.7. The average Bonchev–Trinajstić information content (AvgIpc) is 2.99. The third-order valence-electron chi connectivity index (χ3n) is 4.11. The number of rotatable bonds is 4. The maximum atomic E-state index is 6.16. The predicted octanol–water partition coefficient (Wildman–Crippen LogP) is 3.71. The molecular formula is C16H22ClNO2. The molecule has 1 fully saturated rings. The Kier molecular flexibility index (Phi) is 4.49. The summed E-state index contributed by atoms with van der Waals surface area (Å²) in [6, 6.07) is 6.22. The smallest absolute Gasteiger partial charge is 0.127 e. The molecule has 2 aliphatic rings. The fourth-order valence-corrected chi connectivity index (χ4v) is 3.29. The molecule has 0 saturated carbocycles. The van der Waals surface area contributed by atoms with Gasteiger partial charge in [-0.2, -0.15) is 0 Å². The maximum absolute atomic E-state index is 6.16. The van der Waals surface area contributed by atoms with Crippen LogP contribution in [0.2, 0.25) is 5.02 Å². The minimum atomic E-state index is 0.153. The number of benzene rings is 1. The van der Waals surface area contributed by atoms with Gasteiger partial charge in [0.1, 0.15) is 11.9 Å². The summed E-state index contributed by atoms with van der Waals surface area (Å²) in [7, 11) is 0. The van der Waals surface area contributed by atoms with Crippen LogP contribution in [-0.4, -0.2) is 25.4 Å². The van der Waals surface area contributed by atoms with E-state index < -0.39 is 0 Å². The average molecular weight is 296 g/mol. The number of hydrogen-bond acceptors (Lipinski definition) is 3. The van der Waals surface area contributed by atoms with Crippen LogP contribution in [-0.2, 0) is 4.74 Å². The fourth-order valence-electron chi connectivity index (χ4n) is 3.10. The number of hydrogen-bond donors (Lipinski definition) is 1. The first-order valence-corrected chi connectivity index (χ1v) is 7.97. The molecule has 2 aliphatic heterocycles. The van der Waals surface area contributed by atoms with E-state index >= 15 is 0 Å². The van der Waals surface area contributed by atoms with Gasteiger partial charge in [-0.3, -0.25) is 0 Å². The van der Waals surface area contributed by atoms with Crippen molar-refractivity contribution in [2.24, 2.45) is 0 Å². The van der Waals surface area contributed by atoms with Gasteiger partial charge >= 0.3 is 0 Å². The van der Waals surface area contributed by atoms with Gasteiger partial charge < -0.3 is 14.8 Å². The molecule has 1 aromatic carbocycles. The lowest BCUT2D eigenvalue weighted by Gasteiger charge is -2.35. The third kappa shape index (κ3) is 2.95. The Hall–Kier alpha value is -0.770. The lowest BCUT2D eigenvalue weighted by Crippen LogP contribution is -2.40. The van der Waals surface area contributed by atoms with Crippen LogP contribution in [0.3, 0.4) is 0 Å². The molecule has 3 nitrogen and oxygen atoms in total. The van der Waals surface area contributed by atoms with Gasteiger partial charge in [-0.05, 0) is 44.0 Å². The molecular weight excluding hydrogens is 274 g/mol. The highest BCUT2D eigenvalue weighted by atomic mass is 35.5. The van der Waals surface area contributed by atoms with E-state index in [4.69, 9.17) is 21.1 Å². The summed E-state index contributed by atoms with van der Waals surface area (Å²) in [5.74, 6) is 0.953. The Morgan fingerprint density at radius 1 is 1.35 bits per heavy atom. The summed E-state index contributed by atoms with van der Waals surface area (Å²) in [5, 5.41) is 4.38. The standard InChI is InChI=1S/C16H22ClNO2/c1-2-7-18-13-10-16(15-4-3-8-19-15)20-14-6-5-11(17)9-12(13)14/h5-6,9,13,15-16,18H,2-4,7-8,10H2,1H3. The van der Waals surface area contributed by atoms with E-state index in [9.17, 15) is 0 Å². The maximum Gasteiger partial charge on any atom is 0.127 e. The molecule has 3 atom stereocenters. The van der Waals surface area contributed by atoms with Crippen molar-refractivity contribution in [3.63, 3.8) is 0 Å². The van der Waals surface area contributed by atoms with Gasteiger partial charge in [-0.15, -0.1) is 0 Å². The molecule has 20 heavy (non-hydrogen) atoms. The molecule has 1 aromatic rings. The molecule has 4 heteroatoms. The van der Waals surface area contributed by atoms with Crippen LogP contribution in [0.25, 0.3) is 0 Å². The van der Waals surface area contributed by atoms with Crippen LogP contribution in [0.15, 0.2) is 18.2 Å². The van der Waals surface area contributed by atoms with E-state index in [0.29, 0.717) is 6.04 Å². The Morgan fingerprint density at radius 2 is 2.25 bits per heavy atom. The molecule has 3 unspecified atom stereocenters. The van der Waals surface area contributed by atoms with Crippen molar-refractivity contribution in [2.45, 2.75) is 50.9 Å². The van der Waals surface area contributed by atoms with Gasteiger partial charge in [0.2, 0.25) is 0 Å². The highest BCUT2D eigenvalue weighted by Gasteiger charge is 2.35. The highest BCUT2D eigenvalue weighted by molar-refractivity contribution is 6.30. The first kappa shape index (κ1) is 14.2. The molecule has 0 aliphatic carbocycles. The normalized spacial score (nSPS) is 29.0. The Bertz CT molecular complexity index is 460. The molecule has 110 valence electrons. The number of fused-ring (bicyclic) bond motifs is 1. The number of halogens is 1. The largest absolute Gasteiger partial charge is 0.487 e. The van der Waals surface area contributed by atoms with Crippen LogP contribution < -0.4 is 10.1 Å². The van der Waals surface area contributed by atoms with Crippen LogP contribution in [0.4, 0.5) is 0 Å². The summed E-state index contributed by atoms with van der Waals surface area (Å²) in [4.78, 5) is 0. The van der Waals surface area contributed by atoms with Crippen molar-refractivity contribution >= 4 is 11.6 Å². The van der Waals surface area contributed by atoms with E-state index in [1.807, 2.05) is 18.2 Å². The summed E-state index contributed by atoms with van der Waals surface area (Å²) in [5.41, 5.74) is 1.18. The van der Waals surface area contributed by atoms with Crippen LogP contribution >= 0.6 is 11.6 Å². The lowest BCUT2D eigenvalue weighted by atomic mass is 9.93. The van der Waals surface area contributed by atoms with Crippen molar-refractivity contribution in [3.05, 3.63) is 28.8 Å². The van der Waals surface area contributed by atoms with E-state index in [-0.39, 0.29) is 12.2 Å². The SMILES string of the molecule is CCCNC1CC(C2CCCO2)Oc2ccc(Cl)cc21. The molecule has 3 rings (SSSR count). The Morgan fingerprint density at radius 3 is 3.00 bits per heavy atom. The molecule has 0 bridgehead atoms. The van der Waals surface area contributed by atoms with Gasteiger partial charge in [0, 0.05) is 29.7 Å². The zero-order valence-electron chi connectivity index (χ0n) is 11.9. The molecule has 0 radical (unpaired) electrons. The van der Waals surface area contributed by atoms with E-state index in [0.717, 1.165) is 49.6 Å². The van der Waals surface area contributed by atoms with E-state index in [1.54, 1.807) is 0 Å². The van der Waals surface area contributed by atoms with Gasteiger partial charge in [0.15, 0.2) is 0 Å². The van der Waals surface area contributed by atoms with Gasteiger partial charge in [-0.1, -0.05) is 18.5 Å². The van der Waals surface area contributed by atoms with Crippen LogP contribution in [0, 0.1) is 0 Å². The van der Waals surface area contributed by atoms with E-state index in [1.165, 1.54) is 5.56 Å². The van der Waals surface area contributed by atoms with Gasteiger partial charge in [0.05, 0.1) is 6.10 Å². The quantitative estimate of drug-likeness (QED) is 0.918.